The summed E-state index contributed by atoms with van der Waals surface area (Å²) in [4.78, 5) is 4.89. The van der Waals surface area contributed by atoms with E-state index in [0.29, 0.717) is 0 Å². The Balaban J connectivity index is 1.92. The Hall–Kier alpha value is -3.52. The molecular formula is C25H19N2+. The highest BCUT2D eigenvalue weighted by Crippen LogP contribution is 2.26. The number of fused-ring (bicyclic) bond motifs is 2. The molecule has 0 aliphatic heterocycles. The number of rotatable bonds is 3. The standard InChI is InChI=1S/C25H19N2/c1-3-11-19(12-4-1)25(20-13-5-2-6-14-20)27-23-17-9-7-15-21(23)26-22-16-8-10-18-24(22)27/h1-18,25H/q+1. The number of para-hydroxylation sites is 4. The Morgan fingerprint density at radius 1 is 0.481 bits per heavy atom. The molecular weight excluding hydrogens is 328 g/mol. The van der Waals surface area contributed by atoms with Crippen LogP contribution >= 0.6 is 0 Å². The van der Waals surface area contributed by atoms with Crippen molar-refractivity contribution < 1.29 is 4.57 Å². The molecule has 0 fully saturated rings. The highest BCUT2D eigenvalue weighted by molar-refractivity contribution is 5.81. The second kappa shape index (κ2) is 6.65. The molecule has 2 nitrogen and oxygen atoms in total. The van der Waals surface area contributed by atoms with Gasteiger partial charge in [-0.3, -0.25) is 0 Å². The van der Waals surface area contributed by atoms with Gasteiger partial charge >= 0.3 is 0 Å². The van der Waals surface area contributed by atoms with Gasteiger partial charge in [0.25, 0.3) is 0 Å². The maximum absolute atomic E-state index is 4.89. The maximum Gasteiger partial charge on any atom is 0.232 e. The first-order valence-electron chi connectivity index (χ1n) is 9.21. The van der Waals surface area contributed by atoms with Crippen LogP contribution in [0.15, 0.2) is 109 Å². The van der Waals surface area contributed by atoms with Crippen molar-refractivity contribution in [3.63, 3.8) is 0 Å². The Kier molecular flexibility index (Phi) is 3.87. The van der Waals surface area contributed by atoms with Gasteiger partial charge in [-0.1, -0.05) is 84.9 Å². The normalized spacial score (nSPS) is 11.3. The molecule has 0 bridgehead atoms. The summed E-state index contributed by atoms with van der Waals surface area (Å²) in [5.41, 5.74) is 6.80. The van der Waals surface area contributed by atoms with Gasteiger partial charge in [0.2, 0.25) is 17.1 Å². The van der Waals surface area contributed by atoms with E-state index in [1.54, 1.807) is 0 Å². The molecule has 2 heteroatoms. The van der Waals surface area contributed by atoms with Gasteiger partial charge in [-0.15, -0.1) is 0 Å². The highest BCUT2D eigenvalue weighted by atomic mass is 15.0. The molecule has 128 valence electrons. The van der Waals surface area contributed by atoms with E-state index in [1.165, 1.54) is 11.1 Å². The molecule has 0 atom stereocenters. The number of nitrogens with zero attached hydrogens (tertiary/aromatic N) is 2. The monoisotopic (exact) mass is 347 g/mol. The predicted molar refractivity (Wildman–Crippen MR) is 110 cm³/mol. The maximum atomic E-state index is 4.89. The van der Waals surface area contributed by atoms with Crippen molar-refractivity contribution in [2.75, 3.05) is 0 Å². The van der Waals surface area contributed by atoms with Gasteiger partial charge in [-0.2, -0.15) is 4.57 Å². The summed E-state index contributed by atoms with van der Waals surface area (Å²) >= 11 is 0. The average Bonchev–Trinajstić information content (AvgIpc) is 2.75. The Morgan fingerprint density at radius 3 is 1.37 bits per heavy atom. The molecule has 4 aromatic carbocycles. The van der Waals surface area contributed by atoms with E-state index in [9.17, 15) is 0 Å². The quantitative estimate of drug-likeness (QED) is 0.319. The first-order valence-corrected chi connectivity index (χ1v) is 9.21. The minimum Gasteiger partial charge on any atom is -0.235 e. The highest BCUT2D eigenvalue weighted by Gasteiger charge is 2.29. The first kappa shape index (κ1) is 15.7. The average molecular weight is 347 g/mol. The van der Waals surface area contributed by atoms with E-state index in [2.05, 4.69) is 114 Å². The van der Waals surface area contributed by atoms with Crippen LogP contribution in [0.1, 0.15) is 17.2 Å². The van der Waals surface area contributed by atoms with Crippen molar-refractivity contribution >= 4 is 22.1 Å². The zero-order chi connectivity index (χ0) is 18.1. The second-order valence-electron chi connectivity index (χ2n) is 6.68. The van der Waals surface area contributed by atoms with Crippen LogP contribution in [0.2, 0.25) is 0 Å². The lowest BCUT2D eigenvalue weighted by Crippen LogP contribution is -2.42. The number of aromatic nitrogens is 2. The van der Waals surface area contributed by atoms with E-state index < -0.39 is 0 Å². The third-order valence-corrected chi connectivity index (χ3v) is 5.01. The largest absolute Gasteiger partial charge is 0.235 e. The van der Waals surface area contributed by atoms with Crippen LogP contribution in [-0.2, 0) is 0 Å². The smallest absolute Gasteiger partial charge is 0.232 e. The van der Waals surface area contributed by atoms with Gasteiger partial charge in [0.1, 0.15) is 11.0 Å². The van der Waals surface area contributed by atoms with Crippen molar-refractivity contribution in [3.05, 3.63) is 120 Å². The fraction of sp³-hybridized carbons (Fsp3) is 0.0400. The molecule has 0 N–H and O–H groups in total. The van der Waals surface area contributed by atoms with Crippen molar-refractivity contribution in [1.82, 2.24) is 4.98 Å². The minimum atomic E-state index is 0.0743. The summed E-state index contributed by atoms with van der Waals surface area (Å²) in [6, 6.07) is 38.2. The molecule has 0 amide bonds. The van der Waals surface area contributed by atoms with Gasteiger partial charge < -0.3 is 0 Å². The van der Waals surface area contributed by atoms with Crippen LogP contribution in [0.5, 0.6) is 0 Å². The SMILES string of the molecule is c1ccc(C(c2ccccc2)[n+]2c3ccccc3nc3ccccc32)cc1. The lowest BCUT2D eigenvalue weighted by molar-refractivity contribution is -0.654. The van der Waals surface area contributed by atoms with Crippen LogP contribution in [0.25, 0.3) is 22.1 Å². The predicted octanol–water partition coefficient (Wildman–Crippen LogP) is 5.31. The summed E-state index contributed by atoms with van der Waals surface area (Å²) in [6.45, 7) is 0. The molecule has 0 saturated heterocycles. The molecule has 1 aromatic heterocycles. The molecule has 0 unspecified atom stereocenters. The first-order chi connectivity index (χ1) is 13.4. The number of hydrogen-bond acceptors (Lipinski definition) is 1. The van der Waals surface area contributed by atoms with Crippen LogP contribution in [-0.4, -0.2) is 4.98 Å². The molecule has 0 aliphatic rings. The van der Waals surface area contributed by atoms with Gasteiger partial charge in [-0.05, 0) is 12.1 Å². The van der Waals surface area contributed by atoms with Crippen molar-refractivity contribution in [2.24, 2.45) is 0 Å². The lowest BCUT2D eigenvalue weighted by Gasteiger charge is -2.17. The van der Waals surface area contributed by atoms with Crippen LogP contribution < -0.4 is 4.57 Å². The van der Waals surface area contributed by atoms with Gasteiger partial charge in [0, 0.05) is 23.3 Å². The van der Waals surface area contributed by atoms with Crippen molar-refractivity contribution in [1.29, 1.82) is 0 Å². The molecule has 1 heterocycles. The van der Waals surface area contributed by atoms with E-state index in [0.717, 1.165) is 22.1 Å². The minimum absolute atomic E-state index is 0.0743. The molecule has 5 rings (SSSR count). The van der Waals surface area contributed by atoms with Crippen molar-refractivity contribution in [2.45, 2.75) is 6.04 Å². The topological polar surface area (TPSA) is 16.8 Å². The van der Waals surface area contributed by atoms with E-state index in [4.69, 9.17) is 4.98 Å². The Morgan fingerprint density at radius 2 is 0.889 bits per heavy atom. The molecule has 5 aromatic rings. The molecule has 0 spiro atoms. The molecule has 0 saturated carbocycles. The summed E-state index contributed by atoms with van der Waals surface area (Å²) in [5, 5.41) is 0. The summed E-state index contributed by atoms with van der Waals surface area (Å²) < 4.78 is 2.42. The van der Waals surface area contributed by atoms with Gasteiger partial charge in [0.15, 0.2) is 0 Å². The van der Waals surface area contributed by atoms with Crippen molar-refractivity contribution in [3.8, 4) is 0 Å². The summed E-state index contributed by atoms with van der Waals surface area (Å²) in [7, 11) is 0. The summed E-state index contributed by atoms with van der Waals surface area (Å²) in [5.74, 6) is 0. The molecule has 0 radical (unpaired) electrons. The zero-order valence-electron chi connectivity index (χ0n) is 14.9. The van der Waals surface area contributed by atoms with Crippen LogP contribution in [0.3, 0.4) is 0 Å². The third-order valence-electron chi connectivity index (χ3n) is 5.01. The number of hydrogen-bond donors (Lipinski definition) is 0. The van der Waals surface area contributed by atoms with E-state index >= 15 is 0 Å². The Labute approximate surface area is 158 Å². The van der Waals surface area contributed by atoms with E-state index in [1.807, 2.05) is 0 Å². The summed E-state index contributed by atoms with van der Waals surface area (Å²) in [6.07, 6.45) is 0. The van der Waals surface area contributed by atoms with Crippen LogP contribution in [0, 0.1) is 0 Å². The zero-order valence-corrected chi connectivity index (χ0v) is 14.9. The second-order valence-corrected chi connectivity index (χ2v) is 6.68. The lowest BCUT2D eigenvalue weighted by atomic mass is 9.97. The van der Waals surface area contributed by atoms with Crippen LogP contribution in [0.4, 0.5) is 0 Å². The van der Waals surface area contributed by atoms with E-state index in [-0.39, 0.29) is 6.04 Å². The molecule has 27 heavy (non-hydrogen) atoms. The molecule has 0 aliphatic carbocycles. The number of benzene rings is 4. The Bertz CT molecular complexity index is 1120. The van der Waals surface area contributed by atoms with Gasteiger partial charge in [0.05, 0.1) is 0 Å². The fourth-order valence-electron chi connectivity index (χ4n) is 3.82. The fourth-order valence-corrected chi connectivity index (χ4v) is 3.82. The third kappa shape index (κ3) is 2.76. The van der Waals surface area contributed by atoms with Gasteiger partial charge in [-0.25, -0.2) is 4.98 Å².